The lowest BCUT2D eigenvalue weighted by Gasteiger charge is -2.26. The summed E-state index contributed by atoms with van der Waals surface area (Å²) in [6, 6.07) is 5.92. The first kappa shape index (κ1) is 12.4. The van der Waals surface area contributed by atoms with Crippen LogP contribution in [0.3, 0.4) is 0 Å². The second kappa shape index (κ2) is 6.02. The van der Waals surface area contributed by atoms with Gasteiger partial charge in [0.15, 0.2) is 0 Å². The maximum absolute atomic E-state index is 6.03. The molecule has 0 radical (unpaired) electrons. The van der Waals surface area contributed by atoms with Crippen LogP contribution in [0, 0.1) is 6.92 Å². The van der Waals surface area contributed by atoms with Crippen LogP contribution in [0.4, 0.5) is 0 Å². The van der Waals surface area contributed by atoms with E-state index >= 15 is 0 Å². The predicted octanol–water partition coefficient (Wildman–Crippen LogP) is 4.61. The van der Waals surface area contributed by atoms with Crippen molar-refractivity contribution in [2.75, 3.05) is 0 Å². The third kappa shape index (κ3) is 3.42. The largest absolute Gasteiger partial charge is 0.489 e. The van der Waals surface area contributed by atoms with E-state index in [0.29, 0.717) is 6.10 Å². The van der Waals surface area contributed by atoms with Gasteiger partial charge in [0.1, 0.15) is 5.75 Å². The molecule has 0 unspecified atom stereocenters. The maximum atomic E-state index is 6.03. The number of halogens is 1. The molecular formula is C13H19ClO. The van der Waals surface area contributed by atoms with Crippen LogP contribution in [0.1, 0.15) is 38.7 Å². The molecule has 1 aromatic carbocycles. The molecule has 0 saturated heterocycles. The summed E-state index contributed by atoms with van der Waals surface area (Å²) in [4.78, 5) is 0. The Morgan fingerprint density at radius 2 is 1.93 bits per heavy atom. The second-order valence-corrected chi connectivity index (χ2v) is 4.01. The van der Waals surface area contributed by atoms with Crippen LogP contribution in [-0.4, -0.2) is 6.10 Å². The van der Waals surface area contributed by atoms with E-state index in [2.05, 4.69) is 0 Å². The average molecular weight is 227 g/mol. The van der Waals surface area contributed by atoms with Gasteiger partial charge in [0.05, 0.1) is 11.1 Å². The molecule has 1 saturated carbocycles. The van der Waals surface area contributed by atoms with E-state index in [0.717, 1.165) is 10.8 Å². The molecule has 0 aromatic heterocycles. The number of hydrogen-bond acceptors (Lipinski definition) is 1. The number of hydrogen-bond donors (Lipinski definition) is 0. The molecule has 0 aliphatic heterocycles. The minimum Gasteiger partial charge on any atom is -0.489 e. The van der Waals surface area contributed by atoms with E-state index in [1.54, 1.807) is 0 Å². The van der Waals surface area contributed by atoms with Gasteiger partial charge in [-0.3, -0.25) is 0 Å². The Morgan fingerprint density at radius 3 is 2.40 bits per heavy atom. The van der Waals surface area contributed by atoms with Gasteiger partial charge >= 0.3 is 0 Å². The van der Waals surface area contributed by atoms with Crippen molar-refractivity contribution in [3.63, 3.8) is 0 Å². The summed E-state index contributed by atoms with van der Waals surface area (Å²) in [6.45, 7) is 6.03. The molecular weight excluding hydrogens is 208 g/mol. The molecule has 2 rings (SSSR count). The summed E-state index contributed by atoms with van der Waals surface area (Å²) >= 11 is 6.03. The minimum absolute atomic E-state index is 0.403. The number of rotatable bonds is 2. The lowest BCUT2D eigenvalue weighted by molar-refractivity contribution is 0.120. The highest BCUT2D eigenvalue weighted by atomic mass is 35.5. The highest BCUT2D eigenvalue weighted by molar-refractivity contribution is 6.32. The van der Waals surface area contributed by atoms with Gasteiger partial charge in [-0.2, -0.15) is 0 Å². The fourth-order valence-electron chi connectivity index (χ4n) is 1.37. The Balaban J connectivity index is 0.000000531. The number of benzene rings is 1. The molecule has 1 nitrogen and oxygen atoms in total. The van der Waals surface area contributed by atoms with E-state index in [1.807, 2.05) is 39.0 Å². The van der Waals surface area contributed by atoms with Gasteiger partial charge in [0.2, 0.25) is 0 Å². The molecule has 1 fully saturated rings. The van der Waals surface area contributed by atoms with Crippen molar-refractivity contribution in [3.05, 3.63) is 28.8 Å². The van der Waals surface area contributed by atoms with Gasteiger partial charge in [0, 0.05) is 0 Å². The molecule has 84 valence electrons. The van der Waals surface area contributed by atoms with Crippen molar-refractivity contribution in [2.24, 2.45) is 0 Å². The molecule has 0 atom stereocenters. The summed E-state index contributed by atoms with van der Waals surface area (Å²) in [5.41, 5.74) is 1.17. The van der Waals surface area contributed by atoms with Crippen molar-refractivity contribution in [3.8, 4) is 5.75 Å². The molecule has 15 heavy (non-hydrogen) atoms. The van der Waals surface area contributed by atoms with Crippen LogP contribution in [0.2, 0.25) is 5.02 Å². The molecule has 2 heteroatoms. The second-order valence-electron chi connectivity index (χ2n) is 3.60. The smallest absolute Gasteiger partial charge is 0.138 e. The van der Waals surface area contributed by atoms with Crippen molar-refractivity contribution < 1.29 is 4.74 Å². The predicted molar refractivity (Wildman–Crippen MR) is 65.8 cm³/mol. The lowest BCUT2D eigenvalue weighted by Crippen LogP contribution is -2.24. The van der Waals surface area contributed by atoms with Crippen molar-refractivity contribution in [1.82, 2.24) is 0 Å². The third-order valence-corrected chi connectivity index (χ3v) is 2.73. The Labute approximate surface area is 97.4 Å². The fourth-order valence-corrected chi connectivity index (χ4v) is 1.65. The summed E-state index contributed by atoms with van der Waals surface area (Å²) in [7, 11) is 0. The van der Waals surface area contributed by atoms with Crippen LogP contribution < -0.4 is 4.74 Å². The first-order chi connectivity index (χ1) is 7.25. The van der Waals surface area contributed by atoms with Gasteiger partial charge < -0.3 is 4.74 Å². The Bertz CT molecular complexity index is 305. The van der Waals surface area contributed by atoms with Crippen LogP contribution in [0.25, 0.3) is 0 Å². The molecule has 0 amide bonds. The van der Waals surface area contributed by atoms with Crippen LogP contribution in [0.5, 0.6) is 5.75 Å². The van der Waals surface area contributed by atoms with Crippen LogP contribution in [-0.2, 0) is 0 Å². The highest BCUT2D eigenvalue weighted by Gasteiger charge is 2.19. The zero-order valence-electron chi connectivity index (χ0n) is 9.72. The van der Waals surface area contributed by atoms with Crippen molar-refractivity contribution >= 4 is 11.6 Å². The van der Waals surface area contributed by atoms with Gasteiger partial charge in [-0.05, 0) is 43.9 Å². The molecule has 1 aliphatic carbocycles. The molecule has 0 heterocycles. The fraction of sp³-hybridized carbons (Fsp3) is 0.538. The van der Waals surface area contributed by atoms with Gasteiger partial charge in [-0.1, -0.05) is 31.5 Å². The maximum Gasteiger partial charge on any atom is 0.138 e. The topological polar surface area (TPSA) is 9.23 Å². The zero-order valence-corrected chi connectivity index (χ0v) is 10.5. The molecule has 1 aliphatic rings. The van der Waals surface area contributed by atoms with Crippen LogP contribution >= 0.6 is 11.6 Å². The summed E-state index contributed by atoms with van der Waals surface area (Å²) in [6.07, 6.45) is 4.03. The monoisotopic (exact) mass is 226 g/mol. The summed E-state index contributed by atoms with van der Waals surface area (Å²) in [5, 5.41) is 0.729. The van der Waals surface area contributed by atoms with E-state index < -0.39 is 0 Å². The zero-order chi connectivity index (χ0) is 11.3. The normalized spacial score (nSPS) is 14.9. The highest BCUT2D eigenvalue weighted by Crippen LogP contribution is 2.30. The quantitative estimate of drug-likeness (QED) is 0.716. The van der Waals surface area contributed by atoms with E-state index in [4.69, 9.17) is 16.3 Å². The first-order valence-corrected chi connectivity index (χ1v) is 6.06. The Hall–Kier alpha value is -0.690. The minimum atomic E-state index is 0.403. The molecule has 0 bridgehead atoms. The lowest BCUT2D eigenvalue weighted by atomic mass is 9.96. The van der Waals surface area contributed by atoms with Gasteiger partial charge in [-0.25, -0.2) is 0 Å². The Morgan fingerprint density at radius 1 is 1.27 bits per heavy atom. The van der Waals surface area contributed by atoms with Crippen LogP contribution in [0.15, 0.2) is 18.2 Å². The standard InChI is InChI=1S/C11H13ClO.C2H6/c1-8-5-6-11(10(12)7-8)13-9-3-2-4-9;1-2/h5-7,9H,2-4H2,1H3;1-2H3. The average Bonchev–Trinajstić information content (AvgIpc) is 2.17. The number of ether oxygens (including phenoxy) is 1. The SMILES string of the molecule is CC.Cc1ccc(OC2CCC2)c(Cl)c1. The van der Waals surface area contributed by atoms with E-state index in [1.165, 1.54) is 24.8 Å². The van der Waals surface area contributed by atoms with Gasteiger partial charge in [-0.15, -0.1) is 0 Å². The molecule has 0 spiro atoms. The first-order valence-electron chi connectivity index (χ1n) is 5.68. The van der Waals surface area contributed by atoms with Gasteiger partial charge in [0.25, 0.3) is 0 Å². The molecule has 1 aromatic rings. The number of aryl methyl sites for hydroxylation is 1. The molecule has 0 N–H and O–H groups in total. The summed E-state index contributed by atoms with van der Waals surface area (Å²) < 4.78 is 5.70. The van der Waals surface area contributed by atoms with E-state index in [9.17, 15) is 0 Å². The van der Waals surface area contributed by atoms with E-state index in [-0.39, 0.29) is 0 Å². The van der Waals surface area contributed by atoms with Crippen molar-refractivity contribution in [1.29, 1.82) is 0 Å². The summed E-state index contributed by atoms with van der Waals surface area (Å²) in [5.74, 6) is 0.831. The Kier molecular flexibility index (Phi) is 4.97. The van der Waals surface area contributed by atoms with Crippen molar-refractivity contribution in [2.45, 2.75) is 46.1 Å². The third-order valence-electron chi connectivity index (χ3n) is 2.43.